The third-order valence-electron chi connectivity index (χ3n) is 17.2. The molecule has 16 nitrogen and oxygen atoms in total. The molecule has 0 saturated carbocycles. The number of piperidine rings is 1. The number of alkyl halides is 4. The summed E-state index contributed by atoms with van der Waals surface area (Å²) in [5, 5.41) is 12.9. The number of hydrogen-bond acceptors (Lipinski definition) is 11. The zero-order chi connectivity index (χ0) is 65.0. The van der Waals surface area contributed by atoms with Gasteiger partial charge in [0.1, 0.15) is 25.0 Å². The van der Waals surface area contributed by atoms with E-state index in [1.165, 1.54) is 13.2 Å². The Kier molecular flexibility index (Phi) is 23.0. The van der Waals surface area contributed by atoms with Crippen molar-refractivity contribution in [3.8, 4) is 17.6 Å². The van der Waals surface area contributed by atoms with E-state index in [0.717, 1.165) is 89.8 Å². The second kappa shape index (κ2) is 30.2. The first-order chi connectivity index (χ1) is 42.8. The molecule has 1 aromatic heterocycles. The number of halogens is 4. The van der Waals surface area contributed by atoms with Crippen LogP contribution in [-0.2, 0) is 40.0 Å². The van der Waals surface area contributed by atoms with Gasteiger partial charge in [-0.15, -0.1) is 0 Å². The van der Waals surface area contributed by atoms with Crippen LogP contribution in [0.1, 0.15) is 132 Å². The topological polar surface area (TPSA) is 194 Å². The molecular formula is C68H84F4N8O8SSe+. The first-order valence-electron chi connectivity index (χ1n) is 30.9. The summed E-state index contributed by atoms with van der Waals surface area (Å²) in [5.74, 6) is 5.98. The maximum absolute atomic E-state index is 14.9. The molecule has 4 heterocycles. The molecule has 8 rings (SSSR count). The van der Waals surface area contributed by atoms with Gasteiger partial charge in [0.15, 0.2) is 0 Å². The van der Waals surface area contributed by atoms with Gasteiger partial charge < -0.3 is 35.5 Å². The Balaban J connectivity index is 0.732. The van der Waals surface area contributed by atoms with Crippen LogP contribution < -0.4 is 35.4 Å². The maximum atomic E-state index is 14.9. The number of fused-ring (bicyclic) bond motifs is 3. The van der Waals surface area contributed by atoms with Crippen molar-refractivity contribution in [1.82, 2.24) is 20.1 Å². The number of likely N-dealkylation sites (N-methyl/N-ethyl adjacent to an activating group) is 1. The number of methoxy groups -OCH3 is 1. The summed E-state index contributed by atoms with van der Waals surface area (Å²) in [6, 6.07) is 21.2. The summed E-state index contributed by atoms with van der Waals surface area (Å²) in [5.41, 5.74) is 6.60. The van der Waals surface area contributed by atoms with E-state index in [1.54, 1.807) is 66.7 Å². The number of nitrogens with zero attached hydrogens (tertiary/aromatic N) is 4. The minimum absolute atomic E-state index is 0.00992. The number of rotatable bonds is 28. The van der Waals surface area contributed by atoms with Crippen molar-refractivity contribution in [2.24, 2.45) is 0 Å². The summed E-state index contributed by atoms with van der Waals surface area (Å²) in [6.45, 7) is 12.5. The van der Waals surface area contributed by atoms with Crippen LogP contribution in [0.4, 0.5) is 40.3 Å². The van der Waals surface area contributed by atoms with Gasteiger partial charge in [-0.05, 0) is 107 Å². The van der Waals surface area contributed by atoms with Crippen LogP contribution in [0.3, 0.4) is 0 Å². The average Bonchev–Trinajstić information content (AvgIpc) is 1.67. The zero-order valence-corrected chi connectivity index (χ0v) is 54.9. The first kappa shape index (κ1) is 68.6. The fourth-order valence-corrected chi connectivity index (χ4v) is 13.7. The number of nitrogens with one attached hydrogen (secondary N) is 4. The summed E-state index contributed by atoms with van der Waals surface area (Å²) >= 11 is -3.32. The number of ether oxygens (including phenoxy) is 1. The molecule has 0 aliphatic carbocycles. The van der Waals surface area contributed by atoms with Crippen LogP contribution in [0, 0.1) is 11.8 Å². The van der Waals surface area contributed by atoms with E-state index in [1.807, 2.05) is 56.2 Å². The van der Waals surface area contributed by atoms with Crippen LogP contribution >= 0.6 is 0 Å². The number of allylic oxidation sites excluding steroid dienone is 6. The number of carbonyl (C=O) groups is 2. The first-order valence-corrected chi connectivity index (χ1v) is 34.6. The number of amides is 2. The van der Waals surface area contributed by atoms with E-state index in [9.17, 15) is 47.8 Å². The monoisotopic (exact) mass is 1330 g/mol. The predicted octanol–water partition coefficient (Wildman–Crippen LogP) is 11.6. The van der Waals surface area contributed by atoms with E-state index < -0.39 is 59.6 Å². The number of anilines is 3. The number of unbranched alkanes of at least 4 members (excludes halogenated alkanes) is 7. The second-order valence-electron chi connectivity index (χ2n) is 24.3. The van der Waals surface area contributed by atoms with Gasteiger partial charge in [-0.1, -0.05) is 37.7 Å². The van der Waals surface area contributed by atoms with Gasteiger partial charge >= 0.3 is 151 Å². The zero-order valence-electron chi connectivity index (χ0n) is 52.4. The van der Waals surface area contributed by atoms with Gasteiger partial charge in [-0.3, -0.25) is 14.1 Å². The number of hydrogen-bond donors (Lipinski definition) is 5. The number of aromatic nitrogens is 1. The molecule has 1 radical (unpaired) electrons. The molecule has 0 bridgehead atoms. The normalized spacial score (nSPS) is 17.6. The third kappa shape index (κ3) is 17.0. The molecule has 5 aromatic rings. The minimum atomic E-state index is -4.51. The Bertz CT molecular complexity index is 3810. The molecule has 1 fully saturated rings. The number of carbonyl (C=O) groups excluding carboxylic acids is 2. The molecule has 0 spiro atoms. The van der Waals surface area contributed by atoms with E-state index >= 15 is 0 Å². The number of benzene rings is 4. The molecule has 3 aliphatic rings. The van der Waals surface area contributed by atoms with Crippen molar-refractivity contribution in [2.45, 2.75) is 146 Å². The third-order valence-corrected chi connectivity index (χ3v) is 19.4. The molecule has 2 atom stereocenters. The van der Waals surface area contributed by atoms with E-state index in [0.29, 0.717) is 90.0 Å². The van der Waals surface area contributed by atoms with Crippen molar-refractivity contribution in [3.63, 3.8) is 0 Å². The Hall–Kier alpha value is -7.28. The van der Waals surface area contributed by atoms with Crippen molar-refractivity contribution in [1.29, 1.82) is 0 Å². The van der Waals surface area contributed by atoms with Gasteiger partial charge in [0.2, 0.25) is 11.6 Å². The molecule has 2 amide bonds. The Morgan fingerprint density at radius 1 is 0.856 bits per heavy atom. The molecule has 5 N–H and O–H groups in total. The van der Waals surface area contributed by atoms with E-state index in [-0.39, 0.29) is 35.5 Å². The average molecular weight is 1330 g/mol. The van der Waals surface area contributed by atoms with E-state index in [2.05, 4.69) is 69.4 Å². The summed E-state index contributed by atoms with van der Waals surface area (Å²) < 4.78 is 124. The van der Waals surface area contributed by atoms with Crippen molar-refractivity contribution in [3.05, 3.63) is 137 Å². The van der Waals surface area contributed by atoms with Gasteiger partial charge in [0.25, 0.3) is 16.0 Å². The fraction of sp³-hybridized carbons (Fsp3) is 0.456. The van der Waals surface area contributed by atoms with Crippen LogP contribution in [0.25, 0.3) is 10.9 Å². The van der Waals surface area contributed by atoms with Crippen molar-refractivity contribution < 1.29 is 57.1 Å². The van der Waals surface area contributed by atoms with Crippen LogP contribution in [0.5, 0.6) is 5.75 Å². The molecule has 0 unspecified atom stereocenters. The van der Waals surface area contributed by atoms with Gasteiger partial charge in [0, 0.05) is 67.3 Å². The van der Waals surface area contributed by atoms with Crippen LogP contribution in [0.15, 0.2) is 120 Å². The standard InChI is InChI=1S/C68H83F4N8O8SSe/c1-8-78-59-34-31-50(90(86)87)44-53(59)67(4,5)62(78)26-15-13-16-27-63-66(2,3)52-43-49(89(83,84)85)30-33-60(52)79(63)39-20-14-17-28-64(81)74-36-18-11-9-10-12-19-37-75-65(82)47-29-32-57(61(41-47)88-7)73-38-22-23-48-42-51-55(76-56-35-40-77(6)45-54(56)69)24-21-25-58(51)80(48)46-68(70,71)72/h13,15-16,21,24-27,29-34,41-44,54,56,76H,8-12,14,17-20,28,35-40,45-46H2,1-7H3,(H3-,73,74,75,81,82,83,84,85)/p+1/t54-,56+/m0/s1. The summed E-state index contributed by atoms with van der Waals surface area (Å²) in [7, 11) is -1.10. The summed E-state index contributed by atoms with van der Waals surface area (Å²) in [6.07, 6.45) is 13.1. The summed E-state index contributed by atoms with van der Waals surface area (Å²) in [4.78, 5) is 29.8. The Morgan fingerprint density at radius 3 is 2.29 bits per heavy atom. The Labute approximate surface area is 530 Å². The van der Waals surface area contributed by atoms with Crippen LogP contribution in [0.2, 0.25) is 0 Å². The van der Waals surface area contributed by atoms with Gasteiger partial charge in [-0.25, -0.2) is 4.39 Å². The van der Waals surface area contributed by atoms with Gasteiger partial charge in [0.05, 0.1) is 41.5 Å². The molecular weight excluding hydrogens is 1240 g/mol. The predicted molar refractivity (Wildman–Crippen MR) is 347 cm³/mol. The fourth-order valence-electron chi connectivity index (χ4n) is 12.4. The Morgan fingerprint density at radius 2 is 1.59 bits per heavy atom. The molecule has 483 valence electrons. The van der Waals surface area contributed by atoms with Gasteiger partial charge in [-0.2, -0.15) is 21.6 Å². The molecule has 4 aromatic carbocycles. The SMILES string of the molecule is CCN1\C(=C/C=C/C=C/C2=[N+](CCCCCC(=O)NCCCCCCCCNC(=O)c3ccc(NCC#Cc4cc5c(N[C@@H]6CCN(C)C[C@@H]6F)cccc5n4CC(F)(F)F)c(OC)c3)c3ccc(S(=O)(=O)O)cc3C2(C)C)C(C)(C)c2cc([Se](=O)=O)ccc21. The molecule has 1 saturated heterocycles. The molecule has 3 aliphatic heterocycles. The quantitative estimate of drug-likeness (QED) is 0.00606. The number of likely N-dealkylation sites (tertiary alicyclic amines) is 1. The molecule has 22 heteroatoms. The van der Waals surface area contributed by atoms with E-state index in [4.69, 9.17) is 4.74 Å². The van der Waals surface area contributed by atoms with Crippen LogP contribution in [-0.4, -0.2) is 137 Å². The second-order valence-corrected chi connectivity index (χ2v) is 27.7. The van der Waals surface area contributed by atoms with Crippen molar-refractivity contribution >= 4 is 79.5 Å². The van der Waals surface area contributed by atoms with Crippen molar-refractivity contribution in [2.75, 3.05) is 75.5 Å². The molecule has 90 heavy (non-hydrogen) atoms.